The van der Waals surface area contributed by atoms with Gasteiger partial charge in [-0.2, -0.15) is 0 Å². The summed E-state index contributed by atoms with van der Waals surface area (Å²) in [5, 5.41) is 18.7. The average Bonchev–Trinajstić information content (AvgIpc) is 2.84. The Morgan fingerprint density at radius 3 is 1.89 bits per heavy atom. The summed E-state index contributed by atoms with van der Waals surface area (Å²) in [6.07, 6.45) is 0.140. The van der Waals surface area contributed by atoms with Gasteiger partial charge in [-0.25, -0.2) is 4.79 Å². The van der Waals surface area contributed by atoms with E-state index in [2.05, 4.69) is 0 Å². The maximum absolute atomic E-state index is 12.1. The first-order chi connectivity index (χ1) is 16.7. The largest absolute Gasteiger partial charge is 0.505 e. The summed E-state index contributed by atoms with van der Waals surface area (Å²) in [5.74, 6) is -0.457. The van der Waals surface area contributed by atoms with E-state index in [0.717, 1.165) is 0 Å². The maximum Gasteiger partial charge on any atom is 0.338 e. The molecule has 0 fully saturated rings. The van der Waals surface area contributed by atoms with Crippen LogP contribution in [0.4, 0.5) is 0 Å². The normalized spacial score (nSPS) is 11.1. The second kappa shape index (κ2) is 14.0. The zero-order valence-electron chi connectivity index (χ0n) is 18.2. The number of aromatic hydroxyl groups is 2. The van der Waals surface area contributed by atoms with Gasteiger partial charge in [0.1, 0.15) is 18.6 Å². The molecule has 0 radical (unpaired) electrons. The lowest BCUT2D eigenvalue weighted by Crippen LogP contribution is -2.29. The summed E-state index contributed by atoms with van der Waals surface area (Å²) < 4.78 is 16.0. The van der Waals surface area contributed by atoms with Crippen LogP contribution in [0, 0.1) is 0 Å². The third-order valence-electron chi connectivity index (χ3n) is 4.23. The molecule has 2 N–H and O–H groups in total. The first kappa shape index (κ1) is 28.6. The molecule has 11 heteroatoms. The van der Waals surface area contributed by atoms with Crippen molar-refractivity contribution in [2.75, 3.05) is 20.3 Å². The number of carbonyl (C=O) groups is 2. The van der Waals surface area contributed by atoms with Crippen molar-refractivity contribution in [1.82, 2.24) is 0 Å². The summed E-state index contributed by atoms with van der Waals surface area (Å²) in [7, 11) is 1.53. The molecule has 186 valence electrons. The molecule has 0 heterocycles. The number of hydrogen-bond donors (Lipinski definition) is 2. The highest BCUT2D eigenvalue weighted by Crippen LogP contribution is 2.33. The molecule has 3 aromatic rings. The van der Waals surface area contributed by atoms with Crippen LogP contribution in [0.5, 0.6) is 17.2 Å². The summed E-state index contributed by atoms with van der Waals surface area (Å²) in [6, 6.07) is 14.4. The quantitative estimate of drug-likeness (QED) is 0.240. The molecule has 1 atom stereocenters. The van der Waals surface area contributed by atoms with Crippen LogP contribution in [0.3, 0.4) is 0 Å². The number of para-hydroxylation sites is 1. The lowest BCUT2D eigenvalue weighted by atomic mass is 10.2. The summed E-state index contributed by atoms with van der Waals surface area (Å²) in [5.41, 5.74) is 0.483. The van der Waals surface area contributed by atoms with Crippen molar-refractivity contribution in [2.24, 2.45) is 0 Å². The van der Waals surface area contributed by atoms with Crippen LogP contribution >= 0.6 is 46.4 Å². The Morgan fingerprint density at radius 2 is 1.40 bits per heavy atom. The Morgan fingerprint density at radius 1 is 0.886 bits per heavy atom. The number of esters is 1. The highest BCUT2D eigenvalue weighted by Gasteiger charge is 2.17. The lowest BCUT2D eigenvalue weighted by Gasteiger charge is -2.18. The Balaban J connectivity index is 0.000000328. The van der Waals surface area contributed by atoms with Crippen molar-refractivity contribution in [3.8, 4) is 17.2 Å². The predicted octanol–water partition coefficient (Wildman–Crippen LogP) is 6.46. The minimum Gasteiger partial charge on any atom is -0.505 e. The molecule has 0 aliphatic rings. The van der Waals surface area contributed by atoms with E-state index < -0.39 is 12.1 Å². The van der Waals surface area contributed by atoms with Crippen molar-refractivity contribution >= 4 is 58.7 Å². The summed E-state index contributed by atoms with van der Waals surface area (Å²) in [4.78, 5) is 22.3. The molecule has 7 nitrogen and oxygen atoms in total. The third kappa shape index (κ3) is 8.80. The topological polar surface area (TPSA) is 102 Å². The SMILES string of the molecule is COCC(COC(=O)c1cc(Cl)c(O)c(Cl)c1)Oc1ccccc1.O=Cc1cc(Cl)c(O)c(Cl)c1. The molecule has 0 aromatic heterocycles. The molecule has 0 aliphatic carbocycles. The Hall–Kier alpha value is -2.68. The molecule has 1 unspecified atom stereocenters. The number of aldehydes is 1. The van der Waals surface area contributed by atoms with E-state index in [1.165, 1.54) is 31.4 Å². The maximum atomic E-state index is 12.1. The first-order valence-electron chi connectivity index (χ1n) is 9.85. The fraction of sp³-hybridized carbons (Fsp3) is 0.167. The lowest BCUT2D eigenvalue weighted by molar-refractivity contribution is 0.00982. The Labute approximate surface area is 221 Å². The van der Waals surface area contributed by atoms with E-state index in [0.29, 0.717) is 17.6 Å². The van der Waals surface area contributed by atoms with Gasteiger partial charge in [0.25, 0.3) is 0 Å². The van der Waals surface area contributed by atoms with Crippen molar-refractivity contribution < 1.29 is 34.0 Å². The van der Waals surface area contributed by atoms with Gasteiger partial charge in [-0.15, -0.1) is 0 Å². The van der Waals surface area contributed by atoms with Crippen LogP contribution in [0.25, 0.3) is 0 Å². The zero-order valence-corrected chi connectivity index (χ0v) is 21.2. The molecule has 35 heavy (non-hydrogen) atoms. The monoisotopic (exact) mass is 560 g/mol. The molecule has 0 saturated carbocycles. The van der Waals surface area contributed by atoms with Gasteiger partial charge in [0.15, 0.2) is 17.6 Å². The highest BCUT2D eigenvalue weighted by molar-refractivity contribution is 6.38. The standard InChI is InChI=1S/C17H16Cl2O5.C7H4Cl2O2/c1-22-9-13(24-12-5-3-2-4-6-12)10-23-17(21)11-7-14(18)16(20)15(19)8-11;8-5-1-4(3-10)2-6(9)7(5)11/h2-8,13,20H,9-10H2,1H3;1-3,11H. The first-order valence-corrected chi connectivity index (χ1v) is 11.4. The van der Waals surface area contributed by atoms with Gasteiger partial charge in [-0.05, 0) is 36.4 Å². The molecule has 0 amide bonds. The van der Waals surface area contributed by atoms with E-state index in [1.807, 2.05) is 18.2 Å². The second-order valence-corrected chi connectivity index (χ2v) is 8.48. The van der Waals surface area contributed by atoms with E-state index >= 15 is 0 Å². The smallest absolute Gasteiger partial charge is 0.338 e. The number of carbonyl (C=O) groups excluding carboxylic acids is 2. The van der Waals surface area contributed by atoms with Gasteiger partial charge >= 0.3 is 5.97 Å². The van der Waals surface area contributed by atoms with Crippen LogP contribution < -0.4 is 4.74 Å². The number of benzene rings is 3. The van der Waals surface area contributed by atoms with Crippen LogP contribution in [-0.2, 0) is 9.47 Å². The number of halogens is 4. The van der Waals surface area contributed by atoms with E-state index in [4.69, 9.17) is 65.7 Å². The number of phenolic OH excluding ortho intramolecular Hbond substituents is 2. The van der Waals surface area contributed by atoms with Crippen molar-refractivity contribution in [1.29, 1.82) is 0 Å². The number of phenols is 2. The highest BCUT2D eigenvalue weighted by atomic mass is 35.5. The fourth-order valence-corrected chi connectivity index (χ4v) is 3.57. The van der Waals surface area contributed by atoms with Crippen LogP contribution in [-0.4, -0.2) is 48.9 Å². The number of hydrogen-bond acceptors (Lipinski definition) is 7. The van der Waals surface area contributed by atoms with Gasteiger partial charge in [0.2, 0.25) is 0 Å². The van der Waals surface area contributed by atoms with Gasteiger partial charge in [-0.1, -0.05) is 64.6 Å². The predicted molar refractivity (Wildman–Crippen MR) is 135 cm³/mol. The number of ether oxygens (including phenoxy) is 3. The van der Waals surface area contributed by atoms with E-state index in [-0.39, 0.29) is 50.4 Å². The molecule has 3 rings (SSSR count). The molecule has 0 aliphatic heterocycles. The van der Waals surface area contributed by atoms with Crippen molar-refractivity contribution in [3.63, 3.8) is 0 Å². The summed E-state index contributed by atoms with van der Waals surface area (Å²) >= 11 is 22.6. The van der Waals surface area contributed by atoms with Gasteiger partial charge in [0.05, 0.1) is 32.3 Å². The molecule has 0 saturated heterocycles. The van der Waals surface area contributed by atoms with Gasteiger partial charge in [0, 0.05) is 12.7 Å². The third-order valence-corrected chi connectivity index (χ3v) is 5.38. The van der Waals surface area contributed by atoms with Crippen LogP contribution in [0.2, 0.25) is 20.1 Å². The van der Waals surface area contributed by atoms with Gasteiger partial charge < -0.3 is 24.4 Å². The number of methoxy groups -OCH3 is 1. The summed E-state index contributed by atoms with van der Waals surface area (Å²) in [6.45, 7) is 0.233. The van der Waals surface area contributed by atoms with Crippen LogP contribution in [0.1, 0.15) is 20.7 Å². The Bertz CT molecular complexity index is 1110. The molecular formula is C24H20Cl4O7. The number of rotatable bonds is 8. The minimum atomic E-state index is -0.628. The average molecular weight is 562 g/mol. The molecule has 0 spiro atoms. The van der Waals surface area contributed by atoms with Crippen molar-refractivity contribution in [3.05, 3.63) is 85.8 Å². The van der Waals surface area contributed by atoms with Crippen molar-refractivity contribution in [2.45, 2.75) is 6.10 Å². The fourth-order valence-electron chi connectivity index (χ4n) is 2.58. The minimum absolute atomic E-state index is 0.0162. The van der Waals surface area contributed by atoms with Crippen LogP contribution in [0.15, 0.2) is 54.6 Å². The van der Waals surface area contributed by atoms with E-state index in [1.54, 1.807) is 12.1 Å². The zero-order chi connectivity index (χ0) is 26.0. The molecular weight excluding hydrogens is 542 g/mol. The molecule has 0 bridgehead atoms. The Kier molecular flexibility index (Phi) is 11.4. The second-order valence-electron chi connectivity index (χ2n) is 6.85. The molecule has 3 aromatic carbocycles. The van der Waals surface area contributed by atoms with Gasteiger partial charge in [-0.3, -0.25) is 4.79 Å². The van der Waals surface area contributed by atoms with E-state index in [9.17, 15) is 14.7 Å².